The van der Waals surface area contributed by atoms with Crippen LogP contribution in [0.4, 0.5) is 0 Å². The minimum Gasteiger partial charge on any atom is -0.202 e. The summed E-state index contributed by atoms with van der Waals surface area (Å²) in [5.74, 6) is 0. The van der Waals surface area contributed by atoms with E-state index < -0.39 is 0 Å². The average molecular weight is 66.8 g/mol. The molecule has 0 atom stereocenters. The molecule has 0 saturated heterocycles. The number of hydrogen-bond acceptors (Lipinski definition) is 4. The SMILES string of the molecule is [B]1N=NN=N1. The quantitative estimate of drug-likeness (QED) is 0.367. The molecule has 0 spiro atoms. The van der Waals surface area contributed by atoms with Crippen molar-refractivity contribution in [2.24, 2.45) is 20.5 Å². The standard InChI is InChI=1S/BN4/c1-2-4-5-3-1. The molecular formula is BN4. The molecule has 0 aromatic rings. The second kappa shape index (κ2) is 0.921. The van der Waals surface area contributed by atoms with Crippen LogP contribution in [-0.4, -0.2) is 7.55 Å². The highest BCUT2D eigenvalue weighted by atomic mass is 15.5. The Labute approximate surface area is 29.3 Å². The van der Waals surface area contributed by atoms with Crippen molar-refractivity contribution in [3.63, 3.8) is 0 Å². The van der Waals surface area contributed by atoms with Crippen molar-refractivity contribution in [2.45, 2.75) is 0 Å². The molecule has 0 unspecified atom stereocenters. The van der Waals surface area contributed by atoms with E-state index in [9.17, 15) is 0 Å². The predicted molar refractivity (Wildman–Crippen MR) is 15.5 cm³/mol. The third-order valence-electron chi connectivity index (χ3n) is 0.247. The van der Waals surface area contributed by atoms with Crippen LogP contribution in [-0.2, 0) is 0 Å². The summed E-state index contributed by atoms with van der Waals surface area (Å²) in [5, 5.41) is 12.7. The summed E-state index contributed by atoms with van der Waals surface area (Å²) < 4.78 is 0. The third-order valence-corrected chi connectivity index (χ3v) is 0.247. The van der Waals surface area contributed by atoms with E-state index in [0.29, 0.717) is 0 Å². The molecule has 1 aliphatic heterocycles. The Morgan fingerprint density at radius 2 is 1.60 bits per heavy atom. The molecule has 0 fully saturated rings. The van der Waals surface area contributed by atoms with Crippen molar-refractivity contribution in [3.8, 4) is 0 Å². The van der Waals surface area contributed by atoms with E-state index in [2.05, 4.69) is 20.5 Å². The van der Waals surface area contributed by atoms with Crippen LogP contribution in [0.5, 0.6) is 0 Å². The highest BCUT2D eigenvalue weighted by Gasteiger charge is 1.84. The molecule has 0 N–H and O–H groups in total. The van der Waals surface area contributed by atoms with Gasteiger partial charge in [-0.1, -0.05) is 0 Å². The molecule has 1 aliphatic rings. The normalized spacial score (nSPS) is 16.0. The van der Waals surface area contributed by atoms with E-state index >= 15 is 0 Å². The first kappa shape index (κ1) is 2.50. The molecule has 0 saturated carbocycles. The molecule has 5 heavy (non-hydrogen) atoms. The van der Waals surface area contributed by atoms with Crippen LogP contribution in [0.25, 0.3) is 0 Å². The van der Waals surface area contributed by atoms with Crippen LogP contribution in [0.15, 0.2) is 20.5 Å². The van der Waals surface area contributed by atoms with Crippen LogP contribution in [0, 0.1) is 0 Å². The van der Waals surface area contributed by atoms with Gasteiger partial charge in [0.15, 0.2) is 0 Å². The molecule has 1 rings (SSSR count). The van der Waals surface area contributed by atoms with Crippen molar-refractivity contribution >= 4 is 7.55 Å². The fourth-order valence-corrected chi connectivity index (χ4v) is 0.115. The van der Waals surface area contributed by atoms with Gasteiger partial charge < -0.3 is 0 Å². The van der Waals surface area contributed by atoms with E-state index in [0.717, 1.165) is 0 Å². The fourth-order valence-electron chi connectivity index (χ4n) is 0.115. The van der Waals surface area contributed by atoms with Gasteiger partial charge in [-0.15, -0.1) is 0 Å². The van der Waals surface area contributed by atoms with Gasteiger partial charge in [-0.3, -0.25) is 0 Å². The van der Waals surface area contributed by atoms with Gasteiger partial charge >= 0.3 is 7.55 Å². The fraction of sp³-hybridized carbons (Fsp3) is 0. The smallest absolute Gasteiger partial charge is 0.202 e. The molecule has 0 aliphatic carbocycles. The summed E-state index contributed by atoms with van der Waals surface area (Å²) in [4.78, 5) is 0. The Kier molecular flexibility index (Phi) is 0.460. The zero-order valence-electron chi connectivity index (χ0n) is 2.37. The van der Waals surface area contributed by atoms with Gasteiger partial charge in [0.05, 0.1) is 0 Å². The van der Waals surface area contributed by atoms with Crippen LogP contribution < -0.4 is 0 Å². The molecule has 0 aromatic carbocycles. The Hall–Kier alpha value is -0.735. The van der Waals surface area contributed by atoms with Crippen LogP contribution >= 0.6 is 0 Å². The summed E-state index contributed by atoms with van der Waals surface area (Å²) in [6.45, 7) is 0. The molecule has 4 nitrogen and oxygen atoms in total. The monoisotopic (exact) mass is 67.0 g/mol. The summed E-state index contributed by atoms with van der Waals surface area (Å²) in [7, 11) is 1.28. The van der Waals surface area contributed by atoms with Crippen molar-refractivity contribution in [1.82, 2.24) is 0 Å². The molecule has 5 heteroatoms. The lowest BCUT2D eigenvalue weighted by Gasteiger charge is -1.45. The average Bonchev–Trinajstić information content (AvgIpc) is 1.76. The summed E-state index contributed by atoms with van der Waals surface area (Å²) in [6.07, 6.45) is 0. The predicted octanol–water partition coefficient (Wildman–Crippen LogP) is 0.354. The lowest BCUT2D eigenvalue weighted by Crippen LogP contribution is -1.61. The maximum atomic E-state index is 3.25. The van der Waals surface area contributed by atoms with Crippen LogP contribution in [0.1, 0.15) is 0 Å². The lowest BCUT2D eigenvalue weighted by molar-refractivity contribution is 1.06. The first-order valence-electron chi connectivity index (χ1n) is 1.12. The van der Waals surface area contributed by atoms with Crippen molar-refractivity contribution in [2.75, 3.05) is 0 Å². The second-order valence-corrected chi connectivity index (χ2v) is 0.525. The van der Waals surface area contributed by atoms with Crippen molar-refractivity contribution < 1.29 is 0 Å². The highest BCUT2D eigenvalue weighted by molar-refractivity contribution is 6.30. The first-order chi connectivity index (χ1) is 2.50. The van der Waals surface area contributed by atoms with E-state index in [1.807, 2.05) is 0 Å². The highest BCUT2D eigenvalue weighted by Crippen LogP contribution is 1.84. The summed E-state index contributed by atoms with van der Waals surface area (Å²) in [5.41, 5.74) is 0. The Morgan fingerprint density at radius 1 is 1.00 bits per heavy atom. The van der Waals surface area contributed by atoms with Gasteiger partial charge in [0.1, 0.15) is 0 Å². The minimum absolute atomic E-state index is 1.28. The zero-order chi connectivity index (χ0) is 3.54. The van der Waals surface area contributed by atoms with E-state index in [1.165, 1.54) is 7.55 Å². The van der Waals surface area contributed by atoms with Gasteiger partial charge in [0.2, 0.25) is 0 Å². The molecule has 0 aromatic heterocycles. The maximum Gasteiger partial charge on any atom is 0.491 e. The molecule has 1 radical (unpaired) electrons. The second-order valence-electron chi connectivity index (χ2n) is 0.525. The molecular weight excluding hydrogens is 66.8 g/mol. The number of hydrogen-bond donors (Lipinski definition) is 0. The Bertz CT molecular complexity index is 61.7. The summed E-state index contributed by atoms with van der Waals surface area (Å²) >= 11 is 0. The lowest BCUT2D eigenvalue weighted by atomic mass is 10.3. The first-order valence-corrected chi connectivity index (χ1v) is 1.12. The minimum atomic E-state index is 1.28. The van der Waals surface area contributed by atoms with Gasteiger partial charge in [-0.25, -0.2) is 10.1 Å². The number of nitrogens with zero attached hydrogens (tertiary/aromatic N) is 4. The molecule has 0 amide bonds. The molecule has 23 valence electrons. The van der Waals surface area contributed by atoms with Gasteiger partial charge in [0, 0.05) is 0 Å². The van der Waals surface area contributed by atoms with Crippen LogP contribution in [0.3, 0.4) is 0 Å². The largest absolute Gasteiger partial charge is 0.491 e. The zero-order valence-corrected chi connectivity index (χ0v) is 2.37. The van der Waals surface area contributed by atoms with E-state index in [-0.39, 0.29) is 0 Å². The maximum absolute atomic E-state index is 3.25. The third kappa shape index (κ3) is 0.287. The molecule has 1 heterocycles. The Morgan fingerprint density at radius 3 is 1.80 bits per heavy atom. The van der Waals surface area contributed by atoms with Crippen molar-refractivity contribution in [1.29, 1.82) is 0 Å². The van der Waals surface area contributed by atoms with Crippen LogP contribution in [0.2, 0.25) is 0 Å². The Balaban J connectivity index is 2.61. The molecule has 0 bridgehead atoms. The van der Waals surface area contributed by atoms with Gasteiger partial charge in [0.25, 0.3) is 0 Å². The van der Waals surface area contributed by atoms with Gasteiger partial charge in [-0.05, 0) is 10.4 Å². The van der Waals surface area contributed by atoms with Gasteiger partial charge in [-0.2, -0.15) is 0 Å². The number of rotatable bonds is 0. The van der Waals surface area contributed by atoms with E-state index in [1.54, 1.807) is 0 Å². The van der Waals surface area contributed by atoms with E-state index in [4.69, 9.17) is 0 Å². The van der Waals surface area contributed by atoms with Crippen molar-refractivity contribution in [3.05, 3.63) is 0 Å². The summed E-state index contributed by atoms with van der Waals surface area (Å²) in [6, 6.07) is 0. The topological polar surface area (TPSA) is 49.4 Å².